The normalized spacial score (nSPS) is 16.6. The molecule has 28 heavy (non-hydrogen) atoms. The number of nitrogens with zero attached hydrogens (tertiary/aromatic N) is 2. The van der Waals surface area contributed by atoms with Crippen LogP contribution in [0.2, 0.25) is 0 Å². The highest BCUT2D eigenvalue weighted by Gasteiger charge is 2.26. The summed E-state index contributed by atoms with van der Waals surface area (Å²) in [5.41, 5.74) is 5.63. The number of rotatable bonds is 5. The van der Waals surface area contributed by atoms with Crippen molar-refractivity contribution in [3.05, 3.63) is 58.7 Å². The van der Waals surface area contributed by atoms with Gasteiger partial charge >= 0.3 is 0 Å². The van der Waals surface area contributed by atoms with Crippen LogP contribution in [0.4, 0.5) is 5.13 Å². The quantitative estimate of drug-likeness (QED) is 0.613. The Balaban J connectivity index is 1.65. The molecule has 0 N–H and O–H groups in total. The maximum atomic E-state index is 13.3. The van der Waals surface area contributed by atoms with Crippen LogP contribution in [0.3, 0.4) is 0 Å². The van der Waals surface area contributed by atoms with E-state index in [9.17, 15) is 4.79 Å². The number of hydrogen-bond donors (Lipinski definition) is 0. The number of thiazole rings is 1. The first-order valence-electron chi connectivity index (χ1n) is 9.85. The molecule has 146 valence electrons. The van der Waals surface area contributed by atoms with Crippen LogP contribution in [0.5, 0.6) is 0 Å². The lowest BCUT2D eigenvalue weighted by molar-refractivity contribution is -0.118. The van der Waals surface area contributed by atoms with Gasteiger partial charge in [-0.05, 0) is 56.4 Å². The van der Waals surface area contributed by atoms with E-state index >= 15 is 0 Å². The number of carbonyl (C=O) groups is 1. The van der Waals surface area contributed by atoms with E-state index in [1.165, 1.54) is 16.7 Å². The van der Waals surface area contributed by atoms with Crippen LogP contribution in [-0.2, 0) is 16.0 Å². The minimum Gasteiger partial charge on any atom is -0.376 e. The minimum atomic E-state index is 0.0767. The Morgan fingerprint density at radius 2 is 1.96 bits per heavy atom. The van der Waals surface area contributed by atoms with E-state index in [4.69, 9.17) is 9.72 Å². The average Bonchev–Trinajstić information content (AvgIpc) is 3.34. The molecule has 1 aliphatic rings. The van der Waals surface area contributed by atoms with Gasteiger partial charge in [-0.3, -0.25) is 9.69 Å². The van der Waals surface area contributed by atoms with E-state index < -0.39 is 0 Å². The maximum absolute atomic E-state index is 13.3. The monoisotopic (exact) mass is 394 g/mol. The standard InChI is InChI=1S/C23H26N2O2S/c1-15-6-9-18(10-7-15)13-21(26)25(14-19-5-4-12-27-19)23-24-22-17(3)16(2)8-11-20(22)28-23/h6-11,19H,4-5,12-14H2,1-3H3. The number of benzene rings is 2. The summed E-state index contributed by atoms with van der Waals surface area (Å²) in [6.07, 6.45) is 2.53. The van der Waals surface area contributed by atoms with E-state index in [2.05, 4.69) is 45.0 Å². The number of ether oxygens (including phenoxy) is 1. The number of aromatic nitrogens is 1. The predicted molar refractivity (Wildman–Crippen MR) is 115 cm³/mol. The topological polar surface area (TPSA) is 42.4 Å². The molecule has 1 fully saturated rings. The molecule has 0 aliphatic carbocycles. The molecule has 4 nitrogen and oxygen atoms in total. The van der Waals surface area contributed by atoms with Gasteiger partial charge in [-0.1, -0.05) is 47.2 Å². The zero-order chi connectivity index (χ0) is 19.7. The second-order valence-electron chi connectivity index (χ2n) is 7.65. The molecule has 1 unspecified atom stereocenters. The van der Waals surface area contributed by atoms with E-state index in [0.29, 0.717) is 13.0 Å². The van der Waals surface area contributed by atoms with Gasteiger partial charge in [0.25, 0.3) is 0 Å². The Morgan fingerprint density at radius 3 is 2.68 bits per heavy atom. The first-order chi connectivity index (χ1) is 13.5. The van der Waals surface area contributed by atoms with Crippen LogP contribution in [0.15, 0.2) is 36.4 Å². The molecular weight excluding hydrogens is 368 g/mol. The molecule has 2 aromatic carbocycles. The third kappa shape index (κ3) is 3.96. The second-order valence-corrected chi connectivity index (χ2v) is 8.66. The molecule has 2 heterocycles. The summed E-state index contributed by atoms with van der Waals surface area (Å²) in [6, 6.07) is 12.4. The first-order valence-corrected chi connectivity index (χ1v) is 10.7. The maximum Gasteiger partial charge on any atom is 0.233 e. The predicted octanol–water partition coefficient (Wildman–Crippen LogP) is 4.98. The lowest BCUT2D eigenvalue weighted by Gasteiger charge is -2.23. The third-order valence-electron chi connectivity index (χ3n) is 5.49. The van der Waals surface area contributed by atoms with Gasteiger partial charge in [0.1, 0.15) is 0 Å². The van der Waals surface area contributed by atoms with Gasteiger partial charge < -0.3 is 4.74 Å². The Bertz CT molecular complexity index is 988. The van der Waals surface area contributed by atoms with Crippen molar-refractivity contribution in [2.24, 2.45) is 0 Å². The average molecular weight is 395 g/mol. The van der Waals surface area contributed by atoms with E-state index in [0.717, 1.165) is 40.4 Å². The van der Waals surface area contributed by atoms with Crippen molar-refractivity contribution in [3.63, 3.8) is 0 Å². The largest absolute Gasteiger partial charge is 0.376 e. The summed E-state index contributed by atoms with van der Waals surface area (Å²) in [5, 5.41) is 0.774. The number of anilines is 1. The summed E-state index contributed by atoms with van der Waals surface area (Å²) in [7, 11) is 0. The van der Waals surface area contributed by atoms with Crippen molar-refractivity contribution in [2.45, 2.75) is 46.1 Å². The first kappa shape index (κ1) is 19.1. The molecule has 1 saturated heterocycles. The molecule has 3 aromatic rings. The zero-order valence-corrected chi connectivity index (χ0v) is 17.5. The Labute approximate surface area is 170 Å². The van der Waals surface area contributed by atoms with Crippen molar-refractivity contribution >= 4 is 32.6 Å². The van der Waals surface area contributed by atoms with Crippen molar-refractivity contribution < 1.29 is 9.53 Å². The molecular formula is C23H26N2O2S. The minimum absolute atomic E-state index is 0.0767. The third-order valence-corrected chi connectivity index (χ3v) is 6.54. The number of fused-ring (bicyclic) bond motifs is 1. The van der Waals surface area contributed by atoms with Crippen LogP contribution in [0.1, 0.15) is 35.1 Å². The van der Waals surface area contributed by atoms with Crippen LogP contribution in [0, 0.1) is 20.8 Å². The Hall–Kier alpha value is -2.24. The van der Waals surface area contributed by atoms with Gasteiger partial charge in [-0.15, -0.1) is 0 Å². The van der Waals surface area contributed by atoms with E-state index in [1.54, 1.807) is 11.3 Å². The molecule has 1 aliphatic heterocycles. The van der Waals surface area contributed by atoms with Crippen LogP contribution in [0.25, 0.3) is 10.2 Å². The van der Waals surface area contributed by atoms with Gasteiger partial charge in [0.05, 0.1) is 29.3 Å². The van der Waals surface area contributed by atoms with Crippen LogP contribution in [-0.4, -0.2) is 30.1 Å². The molecule has 0 radical (unpaired) electrons. The van der Waals surface area contributed by atoms with Gasteiger partial charge in [0, 0.05) is 6.61 Å². The lowest BCUT2D eigenvalue weighted by atomic mass is 10.1. The molecule has 5 heteroatoms. The summed E-state index contributed by atoms with van der Waals surface area (Å²) in [5.74, 6) is 0.0767. The molecule has 4 rings (SSSR count). The fourth-order valence-electron chi connectivity index (χ4n) is 3.58. The fraction of sp³-hybridized carbons (Fsp3) is 0.391. The Morgan fingerprint density at radius 1 is 1.18 bits per heavy atom. The number of aryl methyl sites for hydroxylation is 3. The summed E-state index contributed by atoms with van der Waals surface area (Å²) >= 11 is 1.59. The SMILES string of the molecule is Cc1ccc(CC(=O)N(CC2CCCO2)c2nc3c(C)c(C)ccc3s2)cc1. The van der Waals surface area contributed by atoms with E-state index in [1.807, 2.05) is 17.0 Å². The van der Waals surface area contributed by atoms with Gasteiger partial charge in [-0.25, -0.2) is 4.98 Å². The van der Waals surface area contributed by atoms with E-state index in [-0.39, 0.29) is 12.0 Å². The van der Waals surface area contributed by atoms with Crippen molar-refractivity contribution in [1.82, 2.24) is 4.98 Å². The number of hydrogen-bond acceptors (Lipinski definition) is 4. The van der Waals surface area contributed by atoms with Crippen molar-refractivity contribution in [1.29, 1.82) is 0 Å². The highest BCUT2D eigenvalue weighted by atomic mass is 32.1. The van der Waals surface area contributed by atoms with Crippen molar-refractivity contribution in [3.8, 4) is 0 Å². The van der Waals surface area contributed by atoms with Crippen LogP contribution >= 0.6 is 11.3 Å². The highest BCUT2D eigenvalue weighted by Crippen LogP contribution is 2.33. The molecule has 1 amide bonds. The fourth-order valence-corrected chi connectivity index (χ4v) is 4.64. The summed E-state index contributed by atoms with van der Waals surface area (Å²) in [4.78, 5) is 20.0. The second kappa shape index (κ2) is 8.02. The van der Waals surface area contributed by atoms with Crippen LogP contribution < -0.4 is 4.90 Å². The summed E-state index contributed by atoms with van der Waals surface area (Å²) < 4.78 is 6.94. The van der Waals surface area contributed by atoms with Gasteiger partial charge in [-0.2, -0.15) is 0 Å². The number of amides is 1. The molecule has 0 bridgehead atoms. The summed E-state index contributed by atoms with van der Waals surface area (Å²) in [6.45, 7) is 7.60. The molecule has 0 spiro atoms. The zero-order valence-electron chi connectivity index (χ0n) is 16.7. The van der Waals surface area contributed by atoms with Gasteiger partial charge in [0.15, 0.2) is 5.13 Å². The molecule has 0 saturated carbocycles. The molecule has 1 aromatic heterocycles. The highest BCUT2D eigenvalue weighted by molar-refractivity contribution is 7.22. The molecule has 1 atom stereocenters. The van der Waals surface area contributed by atoms with Crippen molar-refractivity contribution in [2.75, 3.05) is 18.1 Å². The number of carbonyl (C=O) groups excluding carboxylic acids is 1. The lowest BCUT2D eigenvalue weighted by Crippen LogP contribution is -2.38. The Kier molecular flexibility index (Phi) is 5.47. The smallest absolute Gasteiger partial charge is 0.233 e. The van der Waals surface area contributed by atoms with Gasteiger partial charge in [0.2, 0.25) is 5.91 Å².